The number of halogens is 1. The van der Waals surface area contributed by atoms with Crippen molar-refractivity contribution >= 4 is 11.8 Å². The molecule has 116 valence electrons. The zero-order valence-corrected chi connectivity index (χ0v) is 12.0. The van der Waals surface area contributed by atoms with Crippen molar-refractivity contribution < 1.29 is 18.4 Å². The Balaban J connectivity index is 1.65. The van der Waals surface area contributed by atoms with Gasteiger partial charge in [-0.1, -0.05) is 18.2 Å². The fraction of sp³-hybridized carbons (Fsp3) is 0.250. The van der Waals surface area contributed by atoms with Gasteiger partial charge in [-0.25, -0.2) is 4.39 Å². The largest absolute Gasteiger partial charge is 0.467 e. The van der Waals surface area contributed by atoms with E-state index < -0.39 is 5.91 Å². The molecule has 0 aliphatic carbocycles. The minimum atomic E-state index is -0.395. The molecule has 6 heteroatoms. The number of hydrogen-bond donors (Lipinski definition) is 2. The number of carbonyl (C=O) groups excluding carboxylic acids is 2. The highest BCUT2D eigenvalue weighted by Crippen LogP contribution is 2.06. The summed E-state index contributed by atoms with van der Waals surface area (Å²) < 4.78 is 18.4. The smallest absolute Gasteiger partial charge is 0.229 e. The Labute approximate surface area is 127 Å². The van der Waals surface area contributed by atoms with E-state index in [1.807, 2.05) is 0 Å². The van der Waals surface area contributed by atoms with Crippen molar-refractivity contribution in [1.29, 1.82) is 0 Å². The number of hydrogen-bond acceptors (Lipinski definition) is 3. The van der Waals surface area contributed by atoms with Crippen molar-refractivity contribution in [3.8, 4) is 0 Å². The highest BCUT2D eigenvalue weighted by atomic mass is 19.1. The number of amides is 2. The Morgan fingerprint density at radius 1 is 1.05 bits per heavy atom. The van der Waals surface area contributed by atoms with E-state index in [1.165, 1.54) is 12.3 Å². The van der Waals surface area contributed by atoms with Crippen molar-refractivity contribution in [3.05, 3.63) is 59.8 Å². The molecule has 0 fully saturated rings. The van der Waals surface area contributed by atoms with Crippen molar-refractivity contribution in [2.75, 3.05) is 6.54 Å². The topological polar surface area (TPSA) is 71.3 Å². The molecular formula is C16H17FN2O3. The van der Waals surface area contributed by atoms with Crippen molar-refractivity contribution in [2.24, 2.45) is 0 Å². The quantitative estimate of drug-likeness (QED) is 0.766. The van der Waals surface area contributed by atoms with Gasteiger partial charge in [0.25, 0.3) is 0 Å². The third kappa shape index (κ3) is 5.05. The fourth-order valence-corrected chi connectivity index (χ4v) is 1.91. The minimum absolute atomic E-state index is 0.244. The van der Waals surface area contributed by atoms with Gasteiger partial charge in [-0.05, 0) is 30.2 Å². The van der Waals surface area contributed by atoms with Crippen LogP contribution in [0.4, 0.5) is 4.39 Å². The fourth-order valence-electron chi connectivity index (χ4n) is 1.91. The first-order valence-electron chi connectivity index (χ1n) is 6.94. The molecule has 0 aliphatic heterocycles. The molecule has 0 saturated carbocycles. The lowest BCUT2D eigenvalue weighted by atomic mass is 10.1. The average molecular weight is 304 g/mol. The van der Waals surface area contributed by atoms with Gasteiger partial charge in [0.15, 0.2) is 0 Å². The summed E-state index contributed by atoms with van der Waals surface area (Å²) in [6, 6.07) is 9.84. The Bertz CT molecular complexity index is 626. The number of benzene rings is 1. The van der Waals surface area contributed by atoms with E-state index in [0.29, 0.717) is 17.7 Å². The van der Waals surface area contributed by atoms with Crippen molar-refractivity contribution in [1.82, 2.24) is 10.6 Å². The molecule has 0 unspecified atom stereocenters. The van der Waals surface area contributed by atoms with Gasteiger partial charge < -0.3 is 15.1 Å². The molecule has 0 spiro atoms. The van der Waals surface area contributed by atoms with Crippen LogP contribution in [-0.2, 0) is 22.6 Å². The maximum atomic E-state index is 13.4. The van der Waals surface area contributed by atoms with E-state index in [-0.39, 0.29) is 31.2 Å². The van der Waals surface area contributed by atoms with Crippen LogP contribution in [-0.4, -0.2) is 18.4 Å². The molecule has 2 aromatic rings. The monoisotopic (exact) mass is 304 g/mol. The van der Waals surface area contributed by atoms with Crippen LogP contribution in [0.25, 0.3) is 0 Å². The van der Waals surface area contributed by atoms with Gasteiger partial charge >= 0.3 is 0 Å². The highest BCUT2D eigenvalue weighted by molar-refractivity contribution is 5.96. The first kappa shape index (κ1) is 15.8. The Hall–Kier alpha value is -2.63. The second-order valence-corrected chi connectivity index (χ2v) is 4.72. The molecule has 0 radical (unpaired) electrons. The molecule has 2 amide bonds. The summed E-state index contributed by atoms with van der Waals surface area (Å²) >= 11 is 0. The molecule has 22 heavy (non-hydrogen) atoms. The number of rotatable bonds is 7. The van der Waals surface area contributed by atoms with E-state index >= 15 is 0 Å². The number of carbonyl (C=O) groups is 2. The van der Waals surface area contributed by atoms with Crippen molar-refractivity contribution in [2.45, 2.75) is 19.4 Å². The van der Waals surface area contributed by atoms with Crippen LogP contribution in [0.15, 0.2) is 47.1 Å². The van der Waals surface area contributed by atoms with Crippen LogP contribution in [0.1, 0.15) is 17.7 Å². The first-order valence-corrected chi connectivity index (χ1v) is 6.94. The van der Waals surface area contributed by atoms with Gasteiger partial charge in [-0.2, -0.15) is 0 Å². The SMILES string of the molecule is O=C(CC(=O)NCc1ccco1)NCCc1ccccc1F. The van der Waals surface area contributed by atoms with Gasteiger partial charge in [0.2, 0.25) is 11.8 Å². The number of nitrogens with one attached hydrogen (secondary N) is 2. The number of furan rings is 1. The summed E-state index contributed by atoms with van der Waals surface area (Å²) in [6.45, 7) is 0.527. The van der Waals surface area contributed by atoms with Crippen LogP contribution in [0.2, 0.25) is 0 Å². The van der Waals surface area contributed by atoms with E-state index in [2.05, 4.69) is 10.6 Å². The summed E-state index contributed by atoms with van der Waals surface area (Å²) in [5.74, 6) is -0.464. The molecular weight excluding hydrogens is 287 g/mol. The van der Waals surface area contributed by atoms with Crippen LogP contribution in [0.3, 0.4) is 0 Å². The van der Waals surface area contributed by atoms with E-state index in [4.69, 9.17) is 4.42 Å². The standard InChI is InChI=1S/C16H17FN2O3/c17-14-6-2-1-4-12(14)7-8-18-15(20)10-16(21)19-11-13-5-3-9-22-13/h1-6,9H,7-8,10-11H2,(H,18,20)(H,19,21). The summed E-state index contributed by atoms with van der Waals surface area (Å²) in [7, 11) is 0. The van der Waals surface area contributed by atoms with E-state index in [0.717, 1.165) is 0 Å². The lowest BCUT2D eigenvalue weighted by Crippen LogP contribution is -2.32. The van der Waals surface area contributed by atoms with Gasteiger partial charge in [0.05, 0.1) is 12.8 Å². The molecule has 0 saturated heterocycles. The van der Waals surface area contributed by atoms with Gasteiger partial charge in [0, 0.05) is 6.54 Å². The summed E-state index contributed by atoms with van der Waals surface area (Å²) in [5.41, 5.74) is 0.532. The molecule has 2 rings (SSSR count). The molecule has 0 atom stereocenters. The molecule has 0 aliphatic rings. The maximum absolute atomic E-state index is 13.4. The second kappa shape index (κ2) is 7.97. The lowest BCUT2D eigenvalue weighted by Gasteiger charge is -2.06. The second-order valence-electron chi connectivity index (χ2n) is 4.72. The molecule has 1 heterocycles. The zero-order valence-electron chi connectivity index (χ0n) is 12.0. The van der Waals surface area contributed by atoms with E-state index in [9.17, 15) is 14.0 Å². The van der Waals surface area contributed by atoms with Gasteiger partial charge in [-0.3, -0.25) is 9.59 Å². The normalized spacial score (nSPS) is 10.2. The minimum Gasteiger partial charge on any atom is -0.467 e. The van der Waals surface area contributed by atoms with Crippen molar-refractivity contribution in [3.63, 3.8) is 0 Å². The third-order valence-corrected chi connectivity index (χ3v) is 3.04. The van der Waals surface area contributed by atoms with Gasteiger partial charge in [0.1, 0.15) is 18.0 Å². The molecule has 0 bridgehead atoms. The van der Waals surface area contributed by atoms with E-state index in [1.54, 1.807) is 30.3 Å². The first-order chi connectivity index (χ1) is 10.6. The summed E-state index contributed by atoms with van der Waals surface area (Å²) in [5, 5.41) is 5.17. The predicted octanol–water partition coefficient (Wildman–Crippen LogP) is 1.78. The van der Waals surface area contributed by atoms with Crippen LogP contribution < -0.4 is 10.6 Å². The maximum Gasteiger partial charge on any atom is 0.229 e. The Kier molecular flexibility index (Phi) is 5.71. The Morgan fingerprint density at radius 2 is 1.82 bits per heavy atom. The molecule has 1 aromatic heterocycles. The Morgan fingerprint density at radius 3 is 2.55 bits per heavy atom. The van der Waals surface area contributed by atoms with Crippen LogP contribution in [0, 0.1) is 5.82 Å². The summed E-state index contributed by atoms with van der Waals surface area (Å²) in [6.07, 6.45) is 1.63. The summed E-state index contributed by atoms with van der Waals surface area (Å²) in [4.78, 5) is 23.2. The lowest BCUT2D eigenvalue weighted by molar-refractivity contribution is -0.129. The highest BCUT2D eigenvalue weighted by Gasteiger charge is 2.09. The van der Waals surface area contributed by atoms with Crippen LogP contribution in [0.5, 0.6) is 0 Å². The van der Waals surface area contributed by atoms with Gasteiger partial charge in [-0.15, -0.1) is 0 Å². The molecule has 2 N–H and O–H groups in total. The third-order valence-electron chi connectivity index (χ3n) is 3.04. The molecule has 1 aromatic carbocycles. The predicted molar refractivity (Wildman–Crippen MR) is 78.3 cm³/mol. The average Bonchev–Trinajstić information content (AvgIpc) is 3.00. The molecule has 5 nitrogen and oxygen atoms in total. The zero-order chi connectivity index (χ0) is 15.8. The van der Waals surface area contributed by atoms with Crippen LogP contribution >= 0.6 is 0 Å².